The Morgan fingerprint density at radius 1 is 1.12 bits per heavy atom. The molecule has 0 amide bonds. The van der Waals surface area contributed by atoms with E-state index in [0.29, 0.717) is 23.0 Å². The van der Waals surface area contributed by atoms with Gasteiger partial charge in [0.05, 0.1) is 0 Å². The fourth-order valence-corrected chi connectivity index (χ4v) is 2.86. The number of benzene rings is 1. The molecule has 4 rings (SSSR count). The second-order valence-electron chi connectivity index (χ2n) is 5.55. The van der Waals surface area contributed by atoms with Gasteiger partial charge in [-0.25, -0.2) is 4.39 Å². The molecule has 9 heteroatoms. The van der Waals surface area contributed by atoms with E-state index in [0.717, 1.165) is 5.56 Å². The summed E-state index contributed by atoms with van der Waals surface area (Å²) in [6, 6.07) is 9.64. The molecule has 3 heterocycles. The minimum absolute atomic E-state index is 0.218. The van der Waals surface area contributed by atoms with E-state index in [-0.39, 0.29) is 11.7 Å². The molecule has 0 N–H and O–H groups in total. The molecule has 0 spiro atoms. The highest BCUT2D eigenvalue weighted by Gasteiger charge is 2.23. The Bertz CT molecular complexity index is 1050. The fraction of sp³-hybridized carbons (Fsp3) is 0.118. The number of nitrogens with zero attached hydrogens (tertiary/aromatic N) is 6. The zero-order valence-electron chi connectivity index (χ0n) is 13.6. The van der Waals surface area contributed by atoms with Gasteiger partial charge in [0.1, 0.15) is 11.1 Å². The van der Waals surface area contributed by atoms with E-state index in [1.807, 2.05) is 23.7 Å². The van der Waals surface area contributed by atoms with E-state index in [4.69, 9.17) is 4.52 Å². The molecule has 0 radical (unpaired) electrons. The zero-order valence-corrected chi connectivity index (χ0v) is 14.5. The van der Waals surface area contributed by atoms with E-state index >= 15 is 0 Å². The Kier molecular flexibility index (Phi) is 4.21. The normalized spacial score (nSPS) is 12.3. The van der Waals surface area contributed by atoms with E-state index in [2.05, 4.69) is 38.0 Å². The average molecular weight is 368 g/mol. The number of aromatic nitrogens is 6. The molecule has 26 heavy (non-hydrogen) atoms. The largest absolute Gasteiger partial charge is 0.334 e. The summed E-state index contributed by atoms with van der Waals surface area (Å²) in [6.45, 7) is 0. The zero-order chi connectivity index (χ0) is 18.1. The summed E-state index contributed by atoms with van der Waals surface area (Å²) in [7, 11) is 1.84. The third-order valence-electron chi connectivity index (χ3n) is 3.85. The second kappa shape index (κ2) is 6.68. The minimum atomic E-state index is -0.547. The number of rotatable bonds is 4. The third kappa shape index (κ3) is 2.97. The smallest absolute Gasteiger partial charge is 0.258 e. The fourth-order valence-electron chi connectivity index (χ4n) is 2.53. The molecule has 0 saturated heterocycles. The van der Waals surface area contributed by atoms with E-state index in [1.165, 1.54) is 12.1 Å². The van der Waals surface area contributed by atoms with Gasteiger partial charge in [0.2, 0.25) is 0 Å². The summed E-state index contributed by atoms with van der Waals surface area (Å²) < 4.78 is 20.4. The van der Waals surface area contributed by atoms with Gasteiger partial charge in [0.25, 0.3) is 5.89 Å². The van der Waals surface area contributed by atoms with Crippen LogP contribution >= 0.6 is 12.6 Å². The van der Waals surface area contributed by atoms with Crippen molar-refractivity contribution in [1.29, 1.82) is 0 Å². The van der Waals surface area contributed by atoms with Crippen LogP contribution in [0.4, 0.5) is 4.39 Å². The Morgan fingerprint density at radius 3 is 2.69 bits per heavy atom. The van der Waals surface area contributed by atoms with Gasteiger partial charge in [-0.05, 0) is 30.3 Å². The second-order valence-corrected chi connectivity index (χ2v) is 6.06. The minimum Gasteiger partial charge on any atom is -0.334 e. The molecule has 1 atom stereocenters. The summed E-state index contributed by atoms with van der Waals surface area (Å²) >= 11 is 4.56. The average Bonchev–Trinajstić information content (AvgIpc) is 3.29. The molecule has 0 aliphatic rings. The number of pyridine rings is 1. The third-order valence-corrected chi connectivity index (χ3v) is 4.31. The molecule has 0 saturated carbocycles. The lowest BCUT2D eigenvalue weighted by atomic mass is 10.2. The van der Waals surface area contributed by atoms with Crippen LogP contribution in [0.2, 0.25) is 0 Å². The van der Waals surface area contributed by atoms with Crippen LogP contribution in [0.15, 0.2) is 53.3 Å². The van der Waals surface area contributed by atoms with Gasteiger partial charge >= 0.3 is 0 Å². The lowest BCUT2D eigenvalue weighted by Crippen LogP contribution is -2.05. The summed E-state index contributed by atoms with van der Waals surface area (Å²) in [4.78, 5) is 8.31. The molecule has 4 aromatic rings. The maximum atomic E-state index is 13.4. The van der Waals surface area contributed by atoms with E-state index in [9.17, 15) is 4.39 Å². The summed E-state index contributed by atoms with van der Waals surface area (Å²) in [5.41, 5.74) is 1.38. The molecule has 1 unspecified atom stereocenters. The van der Waals surface area contributed by atoms with Crippen LogP contribution in [0.5, 0.6) is 0 Å². The van der Waals surface area contributed by atoms with Gasteiger partial charge < -0.3 is 9.09 Å². The van der Waals surface area contributed by atoms with Gasteiger partial charge in [-0.1, -0.05) is 11.2 Å². The molecule has 130 valence electrons. The van der Waals surface area contributed by atoms with E-state index < -0.39 is 5.25 Å². The van der Waals surface area contributed by atoms with Crippen LogP contribution in [-0.2, 0) is 7.05 Å². The summed E-state index contributed by atoms with van der Waals surface area (Å²) in [5, 5.41) is 11.8. The first-order valence-corrected chi connectivity index (χ1v) is 8.22. The van der Waals surface area contributed by atoms with Crippen molar-refractivity contribution >= 4 is 12.6 Å². The molecular formula is C17H13FN6OS. The van der Waals surface area contributed by atoms with Gasteiger partial charge in [0.15, 0.2) is 17.5 Å². The SMILES string of the molecule is Cn1c(-c2ccncc2)nnc1C(S)c1noc(-c2cccc(F)c2)n1. The Balaban J connectivity index is 1.65. The lowest BCUT2D eigenvalue weighted by Gasteiger charge is -2.07. The van der Waals surface area contributed by atoms with Crippen LogP contribution in [0, 0.1) is 5.82 Å². The van der Waals surface area contributed by atoms with Crippen molar-refractivity contribution < 1.29 is 8.91 Å². The predicted molar refractivity (Wildman–Crippen MR) is 94.8 cm³/mol. The molecule has 1 aromatic carbocycles. The molecule has 0 bridgehead atoms. The highest BCUT2D eigenvalue weighted by Crippen LogP contribution is 2.29. The van der Waals surface area contributed by atoms with Crippen LogP contribution in [0.1, 0.15) is 16.9 Å². The van der Waals surface area contributed by atoms with Gasteiger partial charge in [0, 0.05) is 30.6 Å². The summed E-state index contributed by atoms with van der Waals surface area (Å²) in [5.74, 6) is 1.40. The molecule has 0 aliphatic heterocycles. The first-order valence-electron chi connectivity index (χ1n) is 7.71. The van der Waals surface area contributed by atoms with Crippen LogP contribution in [-0.4, -0.2) is 29.9 Å². The number of hydrogen-bond donors (Lipinski definition) is 1. The first-order chi connectivity index (χ1) is 12.6. The van der Waals surface area contributed by atoms with Crippen molar-refractivity contribution in [3.63, 3.8) is 0 Å². The highest BCUT2D eigenvalue weighted by atomic mass is 32.1. The van der Waals surface area contributed by atoms with Crippen LogP contribution in [0.25, 0.3) is 22.8 Å². The monoisotopic (exact) mass is 368 g/mol. The number of thiol groups is 1. The maximum absolute atomic E-state index is 13.4. The number of hydrogen-bond acceptors (Lipinski definition) is 7. The highest BCUT2D eigenvalue weighted by molar-refractivity contribution is 7.80. The van der Waals surface area contributed by atoms with Crippen molar-refractivity contribution in [1.82, 2.24) is 29.9 Å². The van der Waals surface area contributed by atoms with Gasteiger partial charge in [-0.3, -0.25) is 4.98 Å². The Labute approximate surface area is 153 Å². The topological polar surface area (TPSA) is 82.5 Å². The maximum Gasteiger partial charge on any atom is 0.258 e. The van der Waals surface area contributed by atoms with Gasteiger partial charge in [-0.15, -0.1) is 10.2 Å². The van der Waals surface area contributed by atoms with Crippen molar-refractivity contribution in [2.24, 2.45) is 7.05 Å². The molecule has 7 nitrogen and oxygen atoms in total. The predicted octanol–water partition coefficient (Wildman–Crippen LogP) is 3.09. The first kappa shape index (κ1) is 16.4. The standard InChI is InChI=1S/C17H13FN6OS/c1-24-15(10-5-7-19-8-6-10)21-22-16(24)13(26)14-20-17(25-23-14)11-3-2-4-12(18)9-11/h2-9,13,26H,1H3. The Morgan fingerprint density at radius 2 is 1.92 bits per heavy atom. The summed E-state index contributed by atoms with van der Waals surface area (Å²) in [6.07, 6.45) is 3.37. The van der Waals surface area contributed by atoms with Crippen molar-refractivity contribution in [2.45, 2.75) is 5.25 Å². The quantitative estimate of drug-likeness (QED) is 0.558. The van der Waals surface area contributed by atoms with Crippen LogP contribution < -0.4 is 0 Å². The lowest BCUT2D eigenvalue weighted by molar-refractivity contribution is 0.422. The molecule has 3 aromatic heterocycles. The van der Waals surface area contributed by atoms with Crippen molar-refractivity contribution in [3.8, 4) is 22.8 Å². The molecule has 0 fully saturated rings. The number of halogens is 1. The molecular weight excluding hydrogens is 355 g/mol. The van der Waals surface area contributed by atoms with Crippen molar-refractivity contribution in [3.05, 3.63) is 66.3 Å². The van der Waals surface area contributed by atoms with Crippen LogP contribution in [0.3, 0.4) is 0 Å². The molecule has 0 aliphatic carbocycles. The van der Waals surface area contributed by atoms with Crippen molar-refractivity contribution in [2.75, 3.05) is 0 Å². The van der Waals surface area contributed by atoms with Gasteiger partial charge in [-0.2, -0.15) is 17.6 Å². The van der Waals surface area contributed by atoms with E-state index in [1.54, 1.807) is 24.5 Å². The Hall–Kier alpha value is -3.07.